The number of Topliss-reactive ketones (excluding diaryl/α,β-unsaturated/α-hetero) is 1. The molecule has 13 nitrogen and oxygen atoms in total. The predicted molar refractivity (Wildman–Crippen MR) is 232 cm³/mol. The number of anilines is 2. The molecule has 8 rings (SSSR count). The highest BCUT2D eigenvalue weighted by Crippen LogP contribution is 2.58. The second kappa shape index (κ2) is 16.0. The molecule has 316 valence electrons. The Hall–Kier alpha value is -5.85. The summed E-state index contributed by atoms with van der Waals surface area (Å²) >= 11 is 0. The van der Waals surface area contributed by atoms with E-state index in [2.05, 4.69) is 10.6 Å². The molecule has 5 aromatic carbocycles. The first-order chi connectivity index (χ1) is 28.9. The van der Waals surface area contributed by atoms with Gasteiger partial charge in [-0.15, -0.1) is 0 Å². The van der Waals surface area contributed by atoms with Crippen molar-refractivity contribution in [2.75, 3.05) is 59.3 Å². The van der Waals surface area contributed by atoms with Gasteiger partial charge >= 0.3 is 11.9 Å². The first kappa shape index (κ1) is 40.9. The lowest BCUT2D eigenvalue weighted by Gasteiger charge is -2.30. The number of rotatable bonds is 12. The highest BCUT2D eigenvalue weighted by atomic mass is 16.5. The Labute approximate surface area is 347 Å². The van der Waals surface area contributed by atoms with Crippen molar-refractivity contribution >= 4 is 78.3 Å². The summed E-state index contributed by atoms with van der Waals surface area (Å²) in [5, 5.41) is 22.9. The third-order valence-corrected chi connectivity index (χ3v) is 13.6. The maximum Gasteiger partial charge on any atom is 0.308 e. The Balaban J connectivity index is 1.46. The summed E-state index contributed by atoms with van der Waals surface area (Å²) in [6, 6.07) is 2.78. The first-order valence-corrected chi connectivity index (χ1v) is 20.8. The highest BCUT2D eigenvalue weighted by molar-refractivity contribution is 6.40. The average molecular weight is 821 g/mol. The van der Waals surface area contributed by atoms with Gasteiger partial charge in [-0.3, -0.25) is 24.0 Å². The number of phenols is 1. The fraction of sp³-hybridized carbons (Fsp3) is 0.468. The quantitative estimate of drug-likeness (QED) is 0.0642. The van der Waals surface area contributed by atoms with Crippen molar-refractivity contribution in [1.82, 2.24) is 0 Å². The van der Waals surface area contributed by atoms with Gasteiger partial charge in [-0.25, -0.2) is 0 Å². The zero-order valence-electron chi connectivity index (χ0n) is 35.2. The van der Waals surface area contributed by atoms with Crippen molar-refractivity contribution in [3.8, 4) is 23.0 Å². The molecular weight excluding hydrogens is 769 g/mol. The van der Waals surface area contributed by atoms with Crippen molar-refractivity contribution in [1.29, 1.82) is 0 Å². The van der Waals surface area contributed by atoms with Crippen LogP contribution in [0.5, 0.6) is 23.0 Å². The lowest BCUT2D eigenvalue weighted by Crippen LogP contribution is -2.27. The van der Waals surface area contributed by atoms with Crippen LogP contribution in [0.2, 0.25) is 0 Å². The van der Waals surface area contributed by atoms with Gasteiger partial charge in [-0.2, -0.15) is 0 Å². The number of allylic oxidation sites excluding steroid dienone is 1. The van der Waals surface area contributed by atoms with E-state index < -0.39 is 11.3 Å². The van der Waals surface area contributed by atoms with Crippen LogP contribution >= 0.6 is 0 Å². The van der Waals surface area contributed by atoms with Crippen molar-refractivity contribution in [3.05, 3.63) is 49.3 Å². The van der Waals surface area contributed by atoms with Gasteiger partial charge in [0.2, 0.25) is 0 Å². The highest BCUT2D eigenvalue weighted by Gasteiger charge is 2.38. The molecule has 2 saturated carbocycles. The molecule has 1 atom stereocenters. The molecule has 3 aliphatic carbocycles. The third kappa shape index (κ3) is 6.39. The number of hydrogen-bond donors (Lipinski definition) is 3. The molecule has 0 heterocycles. The van der Waals surface area contributed by atoms with Crippen molar-refractivity contribution in [2.24, 2.45) is 23.7 Å². The zero-order valence-corrected chi connectivity index (χ0v) is 35.2. The average Bonchev–Trinajstić information content (AvgIpc) is 3.38. The van der Waals surface area contributed by atoms with Crippen LogP contribution in [0.1, 0.15) is 82.3 Å². The van der Waals surface area contributed by atoms with Gasteiger partial charge in [0.1, 0.15) is 17.3 Å². The topological polar surface area (TPSA) is 176 Å². The molecule has 0 spiro atoms. The van der Waals surface area contributed by atoms with Gasteiger partial charge in [-0.1, -0.05) is 11.6 Å². The van der Waals surface area contributed by atoms with E-state index in [4.69, 9.17) is 23.7 Å². The van der Waals surface area contributed by atoms with Crippen LogP contribution in [0.25, 0.3) is 49.2 Å². The fourth-order valence-electron chi connectivity index (χ4n) is 10.7. The van der Waals surface area contributed by atoms with Crippen LogP contribution in [0, 0.1) is 23.7 Å². The second-order valence-electron chi connectivity index (χ2n) is 16.8. The largest absolute Gasteiger partial charge is 0.504 e. The first-order valence-electron chi connectivity index (χ1n) is 20.8. The van der Waals surface area contributed by atoms with Gasteiger partial charge in [0.15, 0.2) is 22.4 Å². The van der Waals surface area contributed by atoms with Crippen LogP contribution in [0.15, 0.2) is 27.3 Å². The van der Waals surface area contributed by atoms with E-state index in [1.165, 1.54) is 54.6 Å². The number of nitrogens with one attached hydrogen (secondary N) is 2. The maximum atomic E-state index is 14.8. The van der Waals surface area contributed by atoms with Crippen molar-refractivity contribution in [2.45, 2.75) is 71.1 Å². The number of hydrogen-bond acceptors (Lipinski definition) is 13. The normalized spacial score (nSPS) is 21.5. The number of ether oxygens (including phenoxy) is 5. The van der Waals surface area contributed by atoms with E-state index in [-0.39, 0.29) is 75.2 Å². The number of fused-ring (bicyclic) bond motifs is 1. The Kier molecular flexibility index (Phi) is 10.9. The number of carbonyl (C=O) groups excluding carboxylic acids is 3. The molecule has 1 unspecified atom stereocenters. The minimum Gasteiger partial charge on any atom is -0.504 e. The van der Waals surface area contributed by atoms with E-state index in [0.717, 1.165) is 25.7 Å². The minimum absolute atomic E-state index is 0.00268. The van der Waals surface area contributed by atoms with Gasteiger partial charge in [0.25, 0.3) is 0 Å². The molecule has 3 N–H and O–H groups in total. The number of benzene rings is 5. The molecular formula is C47H52N2O11. The Morgan fingerprint density at radius 2 is 1.12 bits per heavy atom. The number of methoxy groups -OCH3 is 5. The van der Waals surface area contributed by atoms with Gasteiger partial charge in [0, 0.05) is 63.3 Å². The summed E-state index contributed by atoms with van der Waals surface area (Å²) in [6.07, 6.45) is 7.95. The molecule has 13 heteroatoms. The van der Waals surface area contributed by atoms with E-state index in [1.54, 1.807) is 0 Å². The number of aromatic hydroxyl groups is 1. The van der Waals surface area contributed by atoms with E-state index in [9.17, 15) is 29.1 Å². The number of carbonyl (C=O) groups is 3. The molecule has 3 aliphatic rings. The second-order valence-corrected chi connectivity index (χ2v) is 16.8. The molecule has 2 fully saturated rings. The smallest absolute Gasteiger partial charge is 0.308 e. The number of phenolic OH excluding ortho intramolecular Hbond substituents is 1. The zero-order chi connectivity index (χ0) is 42.7. The van der Waals surface area contributed by atoms with Crippen molar-refractivity contribution < 1.29 is 43.2 Å². The SMILES string of the molecule is COC(=O)C1CCC(CNc2c(NCC3CCC(C(=O)OC)CC3)c3c(=O)cc(OC)c4c5c(OC)cc(=O)c6c(O)c(OC)c7c(c(c2C=C(C)C7C(C)=O)c34)c65)CC1. The minimum atomic E-state index is -0.886. The van der Waals surface area contributed by atoms with Gasteiger partial charge in [0.05, 0.1) is 75.4 Å². The summed E-state index contributed by atoms with van der Waals surface area (Å²) in [4.78, 5) is 67.6. The van der Waals surface area contributed by atoms with Crippen LogP contribution in [-0.2, 0) is 23.9 Å². The molecule has 0 aromatic heterocycles. The van der Waals surface area contributed by atoms with E-state index >= 15 is 0 Å². The Morgan fingerprint density at radius 3 is 1.58 bits per heavy atom. The summed E-state index contributed by atoms with van der Waals surface area (Å²) in [7, 11) is 7.19. The monoisotopic (exact) mass is 820 g/mol. The lowest BCUT2D eigenvalue weighted by atomic mass is 9.80. The van der Waals surface area contributed by atoms with Crippen LogP contribution in [0.4, 0.5) is 11.4 Å². The van der Waals surface area contributed by atoms with E-state index in [1.807, 2.05) is 13.0 Å². The van der Waals surface area contributed by atoms with E-state index in [0.29, 0.717) is 105 Å². The Morgan fingerprint density at radius 1 is 0.633 bits per heavy atom. The van der Waals surface area contributed by atoms with Gasteiger partial charge < -0.3 is 39.4 Å². The van der Waals surface area contributed by atoms with Crippen LogP contribution in [0.3, 0.4) is 0 Å². The molecule has 0 bridgehead atoms. The molecule has 0 amide bonds. The summed E-state index contributed by atoms with van der Waals surface area (Å²) in [5.41, 5.74) is 2.22. The Bertz CT molecular complexity index is 2710. The standard InChI is InChI=1S/C47H52N2O11/c1-21-16-27-33-38-34(43(49-20-24-10-14-26(15-11-24)47(55)60-7)42(27)48-19-23-8-12-25(13-9-23)46(54)59-6)28(51)17-30(56-3)36(38)37-31(57-4)18-29(52)35-40(37)39(33)41(32(21)22(2)50)45(58-5)44(35)53/h16-18,23-26,32,48-49,53H,8-15,19-20H2,1-7H3. The predicted octanol–water partition coefficient (Wildman–Crippen LogP) is 7.50. The molecule has 60 heavy (non-hydrogen) atoms. The summed E-state index contributed by atoms with van der Waals surface area (Å²) in [5.74, 6) is -1.25. The molecule has 5 aromatic rings. The van der Waals surface area contributed by atoms with Crippen LogP contribution < -0.4 is 35.7 Å². The summed E-state index contributed by atoms with van der Waals surface area (Å²) < 4.78 is 28.0. The molecule has 0 aliphatic heterocycles. The van der Waals surface area contributed by atoms with Crippen molar-refractivity contribution in [3.63, 3.8) is 0 Å². The third-order valence-electron chi connectivity index (χ3n) is 13.6. The number of esters is 2. The molecule has 0 saturated heterocycles. The van der Waals surface area contributed by atoms with Crippen LogP contribution in [-0.4, -0.2) is 71.5 Å². The fourth-order valence-corrected chi connectivity index (χ4v) is 10.7. The van der Waals surface area contributed by atoms with Gasteiger partial charge in [-0.05, 0) is 82.4 Å². The number of ketones is 1. The molecule has 0 radical (unpaired) electrons. The lowest BCUT2D eigenvalue weighted by molar-refractivity contribution is -0.147. The maximum absolute atomic E-state index is 14.8. The summed E-state index contributed by atoms with van der Waals surface area (Å²) in [6.45, 7) is 4.41.